The molecule has 3 rings (SSSR count). The average Bonchev–Trinajstić information content (AvgIpc) is 3.37. The third-order valence-corrected chi connectivity index (χ3v) is 5.49. The van der Waals surface area contributed by atoms with Gasteiger partial charge in [0, 0.05) is 24.0 Å². The van der Waals surface area contributed by atoms with E-state index in [2.05, 4.69) is 10.3 Å². The van der Waals surface area contributed by atoms with Crippen LogP contribution in [0.4, 0.5) is 4.79 Å². The van der Waals surface area contributed by atoms with E-state index in [-0.39, 0.29) is 6.03 Å². The van der Waals surface area contributed by atoms with Crippen molar-refractivity contribution in [2.45, 2.75) is 32.4 Å². The summed E-state index contributed by atoms with van der Waals surface area (Å²) >= 11 is 1.60. The Morgan fingerprint density at radius 3 is 2.79 bits per heavy atom. The second-order valence-corrected chi connectivity index (χ2v) is 7.42. The normalized spacial score (nSPS) is 15.1. The molecule has 0 spiro atoms. The first-order chi connectivity index (χ1) is 11.5. The Bertz CT molecular complexity index is 698. The summed E-state index contributed by atoms with van der Waals surface area (Å²) in [5.74, 6) is 0.373. The second kappa shape index (κ2) is 7.32. The molecule has 24 heavy (non-hydrogen) atoms. The Kier molecular flexibility index (Phi) is 5.16. The van der Waals surface area contributed by atoms with Gasteiger partial charge in [0.15, 0.2) is 0 Å². The van der Waals surface area contributed by atoms with Crippen LogP contribution in [0.5, 0.6) is 0 Å². The maximum atomic E-state index is 12.2. The summed E-state index contributed by atoms with van der Waals surface area (Å²) in [5, 5.41) is 13.8. The number of likely N-dealkylation sites (N-methyl/N-ethyl adjacent to an activating group) is 1. The third-order valence-electron chi connectivity index (χ3n) is 4.29. The summed E-state index contributed by atoms with van der Waals surface area (Å²) in [4.78, 5) is 19.4. The number of carbonyl (C=O) groups is 1. The van der Waals surface area contributed by atoms with Crippen molar-refractivity contribution in [1.82, 2.24) is 15.2 Å². The topological polar surface area (TPSA) is 65.5 Å². The number of nitrogens with one attached hydrogen (secondary N) is 1. The smallest absolute Gasteiger partial charge is 0.317 e. The molecule has 0 bridgehead atoms. The van der Waals surface area contributed by atoms with Gasteiger partial charge in [-0.25, -0.2) is 9.78 Å². The van der Waals surface area contributed by atoms with Crippen LogP contribution in [0.3, 0.4) is 0 Å². The van der Waals surface area contributed by atoms with E-state index in [1.54, 1.807) is 23.3 Å². The first-order valence-corrected chi connectivity index (χ1v) is 9.05. The zero-order valence-corrected chi connectivity index (χ0v) is 14.8. The van der Waals surface area contributed by atoms with E-state index in [9.17, 15) is 9.90 Å². The van der Waals surface area contributed by atoms with E-state index in [4.69, 9.17) is 0 Å². The van der Waals surface area contributed by atoms with Gasteiger partial charge in [0.1, 0.15) is 5.01 Å². The van der Waals surface area contributed by atoms with Gasteiger partial charge in [-0.1, -0.05) is 30.3 Å². The molecule has 6 heteroatoms. The molecule has 128 valence electrons. The molecule has 0 saturated heterocycles. The van der Waals surface area contributed by atoms with Gasteiger partial charge in [-0.2, -0.15) is 0 Å². The van der Waals surface area contributed by atoms with Gasteiger partial charge in [-0.05, 0) is 25.7 Å². The van der Waals surface area contributed by atoms with Gasteiger partial charge in [-0.3, -0.25) is 0 Å². The van der Waals surface area contributed by atoms with Crippen molar-refractivity contribution in [3.8, 4) is 10.6 Å². The van der Waals surface area contributed by atoms with Gasteiger partial charge in [0.05, 0.1) is 18.3 Å². The predicted molar refractivity (Wildman–Crippen MR) is 95.9 cm³/mol. The maximum Gasteiger partial charge on any atom is 0.317 e. The molecule has 1 aliphatic carbocycles. The lowest BCUT2D eigenvalue weighted by molar-refractivity contribution is 0.113. The second-order valence-electron chi connectivity index (χ2n) is 6.34. The van der Waals surface area contributed by atoms with Crippen LogP contribution >= 0.6 is 11.3 Å². The molecule has 1 aliphatic rings. The van der Waals surface area contributed by atoms with E-state index in [0.29, 0.717) is 19.0 Å². The van der Waals surface area contributed by atoms with Crippen LogP contribution in [-0.4, -0.2) is 40.7 Å². The highest BCUT2D eigenvalue weighted by molar-refractivity contribution is 7.15. The van der Waals surface area contributed by atoms with Crippen molar-refractivity contribution in [1.29, 1.82) is 0 Å². The molecule has 1 atom stereocenters. The predicted octanol–water partition coefficient (Wildman–Crippen LogP) is 3.03. The lowest BCUT2D eigenvalue weighted by Gasteiger charge is -2.21. The van der Waals surface area contributed by atoms with Crippen LogP contribution in [0.15, 0.2) is 30.3 Å². The third kappa shape index (κ3) is 4.13. The average molecular weight is 345 g/mol. The van der Waals surface area contributed by atoms with Gasteiger partial charge in [0.2, 0.25) is 0 Å². The summed E-state index contributed by atoms with van der Waals surface area (Å²) in [6, 6.07) is 9.88. The zero-order chi connectivity index (χ0) is 17.1. The van der Waals surface area contributed by atoms with Crippen LogP contribution in [0.1, 0.15) is 23.4 Å². The number of thiazole rings is 1. The zero-order valence-electron chi connectivity index (χ0n) is 14.0. The summed E-state index contributed by atoms with van der Waals surface area (Å²) in [6.07, 6.45) is 1.73. The Labute approximate surface area is 146 Å². The minimum atomic E-state index is -0.407. The van der Waals surface area contributed by atoms with E-state index >= 15 is 0 Å². The Balaban J connectivity index is 1.56. The van der Waals surface area contributed by atoms with Crippen molar-refractivity contribution in [2.75, 3.05) is 13.6 Å². The number of aromatic nitrogens is 1. The number of carbonyl (C=O) groups excluding carboxylic acids is 1. The van der Waals surface area contributed by atoms with E-state index in [0.717, 1.165) is 34.0 Å². The molecule has 0 aliphatic heterocycles. The summed E-state index contributed by atoms with van der Waals surface area (Å²) < 4.78 is 0. The molecule has 1 fully saturated rings. The number of hydrogen-bond acceptors (Lipinski definition) is 4. The fraction of sp³-hybridized carbons (Fsp3) is 0.444. The van der Waals surface area contributed by atoms with Crippen LogP contribution in [-0.2, 0) is 6.54 Å². The summed E-state index contributed by atoms with van der Waals surface area (Å²) in [6.45, 7) is 2.80. The molecule has 0 radical (unpaired) electrons. The van der Waals surface area contributed by atoms with Crippen LogP contribution in [0.2, 0.25) is 0 Å². The Morgan fingerprint density at radius 2 is 2.12 bits per heavy atom. The SMILES string of the molecule is Cc1nc(-c2ccccc2)sc1CNC(=O)N(C)CC(O)C1CC1. The number of rotatable bonds is 6. The van der Waals surface area contributed by atoms with Gasteiger partial charge < -0.3 is 15.3 Å². The molecule has 1 heterocycles. The molecular formula is C18H23N3O2S. The van der Waals surface area contributed by atoms with Crippen molar-refractivity contribution in [3.63, 3.8) is 0 Å². The first-order valence-electron chi connectivity index (χ1n) is 8.23. The van der Waals surface area contributed by atoms with Gasteiger partial charge in [0.25, 0.3) is 0 Å². The largest absolute Gasteiger partial charge is 0.391 e. The number of urea groups is 1. The molecular weight excluding hydrogens is 322 g/mol. The molecule has 1 aromatic heterocycles. The highest BCUT2D eigenvalue weighted by atomic mass is 32.1. The molecule has 2 amide bonds. The van der Waals surface area contributed by atoms with Crippen molar-refractivity contribution >= 4 is 17.4 Å². The minimum Gasteiger partial charge on any atom is -0.391 e. The van der Waals surface area contributed by atoms with E-state index in [1.165, 1.54) is 0 Å². The number of aliphatic hydroxyl groups is 1. The Morgan fingerprint density at radius 1 is 1.42 bits per heavy atom. The molecule has 2 aromatic rings. The van der Waals surface area contributed by atoms with Crippen molar-refractivity contribution in [2.24, 2.45) is 5.92 Å². The summed E-state index contributed by atoms with van der Waals surface area (Å²) in [5.41, 5.74) is 2.03. The quantitative estimate of drug-likeness (QED) is 0.846. The monoisotopic (exact) mass is 345 g/mol. The number of aryl methyl sites for hydroxylation is 1. The number of aliphatic hydroxyl groups excluding tert-OH is 1. The standard InChI is InChI=1S/C18H23N3O2S/c1-12-16(24-17(20-12)14-6-4-3-5-7-14)10-19-18(23)21(2)11-15(22)13-8-9-13/h3-7,13,15,22H,8-11H2,1-2H3,(H,19,23). The molecule has 2 N–H and O–H groups in total. The molecule has 1 unspecified atom stereocenters. The van der Waals surface area contributed by atoms with Crippen molar-refractivity contribution < 1.29 is 9.90 Å². The minimum absolute atomic E-state index is 0.163. The number of hydrogen-bond donors (Lipinski definition) is 2. The molecule has 1 saturated carbocycles. The fourth-order valence-corrected chi connectivity index (χ4v) is 3.59. The highest BCUT2D eigenvalue weighted by Gasteiger charge is 2.31. The lowest BCUT2D eigenvalue weighted by atomic mass is 10.2. The van der Waals surface area contributed by atoms with Crippen LogP contribution in [0.25, 0.3) is 10.6 Å². The number of nitrogens with zero attached hydrogens (tertiary/aromatic N) is 2. The molecule has 1 aromatic carbocycles. The molecule has 5 nitrogen and oxygen atoms in total. The Hall–Kier alpha value is -1.92. The lowest BCUT2D eigenvalue weighted by Crippen LogP contribution is -2.41. The first kappa shape index (κ1) is 16.9. The van der Waals surface area contributed by atoms with E-state index < -0.39 is 6.10 Å². The van der Waals surface area contributed by atoms with E-state index in [1.807, 2.05) is 37.3 Å². The fourth-order valence-electron chi connectivity index (χ4n) is 2.58. The van der Waals surface area contributed by atoms with Crippen molar-refractivity contribution in [3.05, 3.63) is 40.9 Å². The number of amides is 2. The maximum absolute atomic E-state index is 12.2. The summed E-state index contributed by atoms with van der Waals surface area (Å²) in [7, 11) is 1.72. The van der Waals surface area contributed by atoms with Crippen LogP contribution < -0.4 is 5.32 Å². The van der Waals surface area contributed by atoms with Gasteiger partial charge >= 0.3 is 6.03 Å². The number of benzene rings is 1. The highest BCUT2D eigenvalue weighted by Crippen LogP contribution is 2.32. The van der Waals surface area contributed by atoms with Gasteiger partial charge in [-0.15, -0.1) is 11.3 Å². The van der Waals surface area contributed by atoms with Crippen LogP contribution in [0, 0.1) is 12.8 Å².